The van der Waals surface area contributed by atoms with E-state index in [0.29, 0.717) is 26.1 Å². The molecular weight excluding hydrogens is 468 g/mol. The summed E-state index contributed by atoms with van der Waals surface area (Å²) < 4.78 is 2.92. The number of benzene rings is 2. The molecule has 0 bridgehead atoms. The molecule has 2 amide bonds. The van der Waals surface area contributed by atoms with Crippen LogP contribution < -0.4 is 4.90 Å². The molecule has 1 aliphatic heterocycles. The van der Waals surface area contributed by atoms with Gasteiger partial charge >= 0.3 is 0 Å². The molecule has 0 radical (unpaired) electrons. The van der Waals surface area contributed by atoms with Crippen molar-refractivity contribution in [2.24, 2.45) is 0 Å². The van der Waals surface area contributed by atoms with Gasteiger partial charge in [0.15, 0.2) is 0 Å². The molecule has 2 heterocycles. The summed E-state index contributed by atoms with van der Waals surface area (Å²) in [6, 6.07) is 15.5. The minimum Gasteiger partial charge on any atom is -0.334 e. The van der Waals surface area contributed by atoms with Gasteiger partial charge in [0, 0.05) is 42.1 Å². The highest BCUT2D eigenvalue weighted by Gasteiger charge is 2.35. The van der Waals surface area contributed by atoms with Crippen LogP contribution in [-0.4, -0.2) is 45.9 Å². The molecule has 1 aromatic heterocycles. The number of amides is 2. The molecule has 164 valence electrons. The van der Waals surface area contributed by atoms with Crippen LogP contribution >= 0.6 is 15.9 Å². The van der Waals surface area contributed by atoms with E-state index in [1.165, 1.54) is 0 Å². The smallest absolute Gasteiger partial charge is 0.243 e. The molecule has 2 aromatic carbocycles. The summed E-state index contributed by atoms with van der Waals surface area (Å²) in [6.45, 7) is 9.08. The zero-order valence-electron chi connectivity index (χ0n) is 17.8. The molecule has 3 aromatic rings. The van der Waals surface area contributed by atoms with Gasteiger partial charge in [-0.3, -0.25) is 9.59 Å². The number of hydrogen-bond donors (Lipinski definition) is 0. The van der Waals surface area contributed by atoms with Crippen LogP contribution in [0.2, 0.25) is 0 Å². The molecule has 1 saturated heterocycles. The quantitative estimate of drug-likeness (QED) is 0.434. The fourth-order valence-electron chi connectivity index (χ4n) is 4.15. The minimum atomic E-state index is -0.0985. The average molecular weight is 493 g/mol. The molecule has 1 unspecified atom stereocenters. The maximum Gasteiger partial charge on any atom is 0.243 e. The van der Waals surface area contributed by atoms with Gasteiger partial charge in [-0.15, -0.1) is 13.2 Å². The van der Waals surface area contributed by atoms with Crippen molar-refractivity contribution in [3.63, 3.8) is 0 Å². The van der Waals surface area contributed by atoms with Crippen LogP contribution in [0.5, 0.6) is 0 Å². The Morgan fingerprint density at radius 1 is 1.12 bits per heavy atom. The van der Waals surface area contributed by atoms with Crippen molar-refractivity contribution < 1.29 is 9.59 Å². The van der Waals surface area contributed by atoms with Gasteiger partial charge in [0.25, 0.3) is 0 Å². The van der Waals surface area contributed by atoms with Crippen LogP contribution in [-0.2, 0) is 16.1 Å². The Bertz CT molecular complexity index is 1160. The summed E-state index contributed by atoms with van der Waals surface area (Å²) in [5, 5.41) is 0. The lowest BCUT2D eigenvalue weighted by atomic mass is 10.1. The summed E-state index contributed by atoms with van der Waals surface area (Å²) >= 11 is 3.44. The van der Waals surface area contributed by atoms with E-state index in [1.807, 2.05) is 53.1 Å². The second-order valence-corrected chi connectivity index (χ2v) is 8.72. The number of rotatable bonds is 8. The normalized spacial score (nSPS) is 15.8. The molecule has 0 spiro atoms. The largest absolute Gasteiger partial charge is 0.334 e. The average Bonchev–Trinajstić information content (AvgIpc) is 3.35. The van der Waals surface area contributed by atoms with Crippen molar-refractivity contribution in [3.05, 3.63) is 84.1 Å². The Kier molecular flexibility index (Phi) is 6.55. The van der Waals surface area contributed by atoms with Crippen molar-refractivity contribution in [1.29, 1.82) is 0 Å². The number of nitrogens with zero attached hydrogens (tertiary/aromatic N) is 4. The third-order valence-corrected chi connectivity index (χ3v) is 6.19. The maximum atomic E-state index is 13.1. The molecule has 4 rings (SSSR count). The fourth-order valence-corrected chi connectivity index (χ4v) is 4.41. The highest BCUT2D eigenvalue weighted by Crippen LogP contribution is 2.33. The predicted molar refractivity (Wildman–Crippen MR) is 131 cm³/mol. The van der Waals surface area contributed by atoms with Gasteiger partial charge in [0.05, 0.1) is 11.0 Å². The fraction of sp³-hybridized carbons (Fsp3) is 0.240. The van der Waals surface area contributed by atoms with Crippen LogP contribution in [0.1, 0.15) is 18.2 Å². The number of hydrogen-bond acceptors (Lipinski definition) is 3. The molecular formula is C25H25BrN4O2. The lowest BCUT2D eigenvalue weighted by molar-refractivity contribution is -0.130. The number of anilines is 1. The zero-order valence-corrected chi connectivity index (χ0v) is 19.4. The Morgan fingerprint density at radius 3 is 2.50 bits per heavy atom. The summed E-state index contributed by atoms with van der Waals surface area (Å²) in [6.07, 6.45) is 3.77. The first kappa shape index (κ1) is 22.0. The van der Waals surface area contributed by atoms with Crippen molar-refractivity contribution in [2.75, 3.05) is 24.5 Å². The highest BCUT2D eigenvalue weighted by atomic mass is 79.9. The van der Waals surface area contributed by atoms with Crippen molar-refractivity contribution >= 4 is 44.5 Å². The van der Waals surface area contributed by atoms with Gasteiger partial charge in [-0.25, -0.2) is 4.98 Å². The first-order valence-corrected chi connectivity index (χ1v) is 11.3. The zero-order chi connectivity index (χ0) is 22.7. The van der Waals surface area contributed by atoms with Crippen LogP contribution in [0, 0.1) is 0 Å². The van der Waals surface area contributed by atoms with E-state index >= 15 is 0 Å². The number of aromatic nitrogens is 2. The second-order valence-electron chi connectivity index (χ2n) is 7.80. The molecule has 32 heavy (non-hydrogen) atoms. The predicted octanol–water partition coefficient (Wildman–Crippen LogP) is 4.52. The number of halogens is 1. The SMILES string of the molecule is C=CCN(CC=C)C(=O)Cn1c(C2CC(=O)N(c3ccc(Br)cc3)C2)nc2ccccc21. The van der Waals surface area contributed by atoms with Gasteiger partial charge < -0.3 is 14.4 Å². The monoisotopic (exact) mass is 492 g/mol. The van der Waals surface area contributed by atoms with Crippen LogP contribution in [0.15, 0.2) is 78.3 Å². The molecule has 1 aliphatic rings. The van der Waals surface area contributed by atoms with Crippen molar-refractivity contribution in [2.45, 2.75) is 18.9 Å². The Balaban J connectivity index is 1.66. The van der Waals surface area contributed by atoms with Crippen LogP contribution in [0.3, 0.4) is 0 Å². The third kappa shape index (κ3) is 4.39. The second kappa shape index (κ2) is 9.53. The number of para-hydroxylation sites is 2. The van der Waals surface area contributed by atoms with Crippen LogP contribution in [0.25, 0.3) is 11.0 Å². The number of imidazole rings is 1. The van der Waals surface area contributed by atoms with Crippen molar-refractivity contribution in [1.82, 2.24) is 14.5 Å². The lowest BCUT2D eigenvalue weighted by Crippen LogP contribution is -2.34. The van der Waals surface area contributed by atoms with Crippen LogP contribution in [0.4, 0.5) is 5.69 Å². The summed E-state index contributed by atoms with van der Waals surface area (Å²) in [5.41, 5.74) is 2.58. The number of carbonyl (C=O) groups is 2. The topological polar surface area (TPSA) is 58.4 Å². The number of carbonyl (C=O) groups excluding carboxylic acids is 2. The first-order valence-electron chi connectivity index (χ1n) is 10.5. The van der Waals surface area contributed by atoms with E-state index in [0.717, 1.165) is 27.0 Å². The molecule has 0 aliphatic carbocycles. The van der Waals surface area contributed by atoms with Gasteiger partial charge in [-0.2, -0.15) is 0 Å². The van der Waals surface area contributed by atoms with E-state index in [2.05, 4.69) is 29.1 Å². The van der Waals surface area contributed by atoms with E-state index < -0.39 is 0 Å². The molecule has 1 fully saturated rings. The van der Waals surface area contributed by atoms with Gasteiger partial charge in [0.1, 0.15) is 12.4 Å². The third-order valence-electron chi connectivity index (χ3n) is 5.66. The lowest BCUT2D eigenvalue weighted by Gasteiger charge is -2.21. The summed E-state index contributed by atoms with van der Waals surface area (Å²) in [5.74, 6) is 0.689. The minimum absolute atomic E-state index is 0.0386. The number of fused-ring (bicyclic) bond motifs is 1. The van der Waals surface area contributed by atoms with E-state index in [9.17, 15) is 9.59 Å². The molecule has 7 heteroatoms. The maximum absolute atomic E-state index is 13.1. The van der Waals surface area contributed by atoms with Gasteiger partial charge in [0.2, 0.25) is 11.8 Å². The molecule has 1 atom stereocenters. The first-order chi connectivity index (χ1) is 15.5. The van der Waals surface area contributed by atoms with Gasteiger partial charge in [-0.05, 0) is 36.4 Å². The summed E-state index contributed by atoms with van der Waals surface area (Å²) in [7, 11) is 0. The standard InChI is InChI=1S/C25H25BrN4O2/c1-3-13-28(14-4-2)24(32)17-30-22-8-6-5-7-21(22)27-25(30)18-15-23(31)29(16-18)20-11-9-19(26)10-12-20/h3-12,18H,1-2,13-17H2. The van der Waals surface area contributed by atoms with Crippen molar-refractivity contribution in [3.8, 4) is 0 Å². The van der Waals surface area contributed by atoms with E-state index in [-0.39, 0.29) is 24.3 Å². The molecule has 0 saturated carbocycles. The molecule has 6 nitrogen and oxygen atoms in total. The van der Waals surface area contributed by atoms with E-state index in [1.54, 1.807) is 22.0 Å². The molecule has 0 N–H and O–H groups in total. The Morgan fingerprint density at radius 2 is 1.81 bits per heavy atom. The Hall–Kier alpha value is -3.19. The van der Waals surface area contributed by atoms with Gasteiger partial charge in [-0.1, -0.05) is 40.2 Å². The van der Waals surface area contributed by atoms with E-state index in [4.69, 9.17) is 4.98 Å². The summed E-state index contributed by atoms with van der Waals surface area (Å²) in [4.78, 5) is 34.3. The Labute approximate surface area is 196 Å². The highest BCUT2D eigenvalue weighted by molar-refractivity contribution is 9.10.